The SMILES string of the molecule is COCCC(NC(=O)N1CCCC1CCCO)C(=O)O. The van der Waals surface area contributed by atoms with Crippen LogP contribution in [-0.4, -0.2) is 66.1 Å². The maximum Gasteiger partial charge on any atom is 0.326 e. The first kappa shape index (κ1) is 16.7. The number of hydrogen-bond donors (Lipinski definition) is 3. The number of carboxylic acid groups (broad SMARTS) is 1. The van der Waals surface area contributed by atoms with E-state index in [1.807, 2.05) is 0 Å². The first-order valence-corrected chi connectivity index (χ1v) is 7.00. The number of aliphatic hydroxyl groups excluding tert-OH is 1. The van der Waals surface area contributed by atoms with E-state index in [0.29, 0.717) is 13.0 Å². The first-order valence-electron chi connectivity index (χ1n) is 7.00. The zero-order valence-electron chi connectivity index (χ0n) is 11.9. The van der Waals surface area contributed by atoms with Crippen molar-refractivity contribution < 1.29 is 24.5 Å². The number of likely N-dealkylation sites (tertiary alicyclic amines) is 1. The number of carboxylic acids is 1. The lowest BCUT2D eigenvalue weighted by atomic mass is 10.1. The maximum absolute atomic E-state index is 12.1. The van der Waals surface area contributed by atoms with Gasteiger partial charge < -0.3 is 25.2 Å². The summed E-state index contributed by atoms with van der Waals surface area (Å²) in [4.78, 5) is 24.9. The van der Waals surface area contributed by atoms with Crippen molar-refractivity contribution in [1.29, 1.82) is 0 Å². The number of nitrogens with zero attached hydrogens (tertiary/aromatic N) is 1. The van der Waals surface area contributed by atoms with Gasteiger partial charge in [-0.2, -0.15) is 0 Å². The number of carbonyl (C=O) groups excluding carboxylic acids is 1. The number of aliphatic carboxylic acids is 1. The minimum atomic E-state index is -1.05. The van der Waals surface area contributed by atoms with E-state index in [1.165, 1.54) is 7.11 Å². The Morgan fingerprint density at radius 2 is 2.25 bits per heavy atom. The van der Waals surface area contributed by atoms with Gasteiger partial charge in [0.25, 0.3) is 0 Å². The minimum Gasteiger partial charge on any atom is -0.480 e. The van der Waals surface area contributed by atoms with E-state index in [0.717, 1.165) is 19.3 Å². The van der Waals surface area contributed by atoms with Crippen LogP contribution in [-0.2, 0) is 9.53 Å². The smallest absolute Gasteiger partial charge is 0.326 e. The molecule has 1 aliphatic rings. The predicted octanol–water partition coefficient (Wildman–Crippen LogP) is 0.423. The van der Waals surface area contributed by atoms with Crippen molar-refractivity contribution in [3.8, 4) is 0 Å². The fraction of sp³-hybridized carbons (Fsp3) is 0.846. The highest BCUT2D eigenvalue weighted by atomic mass is 16.5. The molecule has 3 N–H and O–H groups in total. The second-order valence-corrected chi connectivity index (χ2v) is 4.98. The van der Waals surface area contributed by atoms with Gasteiger partial charge in [-0.25, -0.2) is 9.59 Å². The topological polar surface area (TPSA) is 99.1 Å². The average molecular weight is 288 g/mol. The highest BCUT2D eigenvalue weighted by Crippen LogP contribution is 2.21. The average Bonchev–Trinajstić information content (AvgIpc) is 2.89. The van der Waals surface area contributed by atoms with E-state index in [9.17, 15) is 9.59 Å². The van der Waals surface area contributed by atoms with E-state index >= 15 is 0 Å². The summed E-state index contributed by atoms with van der Waals surface area (Å²) in [6, 6.07) is -1.17. The molecule has 0 aliphatic carbocycles. The number of aliphatic hydroxyl groups is 1. The zero-order valence-corrected chi connectivity index (χ0v) is 11.9. The second kappa shape index (κ2) is 8.76. The largest absolute Gasteiger partial charge is 0.480 e. The minimum absolute atomic E-state index is 0.0963. The van der Waals surface area contributed by atoms with Crippen molar-refractivity contribution in [3.63, 3.8) is 0 Å². The Labute approximate surface area is 118 Å². The van der Waals surface area contributed by atoms with Gasteiger partial charge >= 0.3 is 12.0 Å². The summed E-state index contributed by atoms with van der Waals surface area (Å²) in [5.41, 5.74) is 0. The third-order valence-electron chi connectivity index (χ3n) is 3.54. The van der Waals surface area contributed by atoms with Crippen LogP contribution in [0.25, 0.3) is 0 Å². The van der Waals surface area contributed by atoms with Crippen LogP contribution >= 0.6 is 0 Å². The van der Waals surface area contributed by atoms with Crippen molar-refractivity contribution in [3.05, 3.63) is 0 Å². The molecule has 7 nitrogen and oxygen atoms in total. The van der Waals surface area contributed by atoms with Crippen LogP contribution in [0.15, 0.2) is 0 Å². The number of rotatable bonds is 8. The highest BCUT2D eigenvalue weighted by molar-refractivity contribution is 5.82. The molecule has 0 bridgehead atoms. The van der Waals surface area contributed by atoms with Crippen LogP contribution < -0.4 is 5.32 Å². The van der Waals surface area contributed by atoms with Gasteiger partial charge in [0.2, 0.25) is 0 Å². The van der Waals surface area contributed by atoms with Crippen LogP contribution in [0.1, 0.15) is 32.1 Å². The van der Waals surface area contributed by atoms with Gasteiger partial charge in [0.1, 0.15) is 6.04 Å². The molecule has 2 atom stereocenters. The van der Waals surface area contributed by atoms with Gasteiger partial charge in [0, 0.05) is 39.3 Å². The molecule has 2 amide bonds. The van der Waals surface area contributed by atoms with Crippen LogP contribution in [0.3, 0.4) is 0 Å². The summed E-state index contributed by atoms with van der Waals surface area (Å²) in [5, 5.41) is 20.5. The van der Waals surface area contributed by atoms with E-state index in [-0.39, 0.29) is 31.7 Å². The number of methoxy groups -OCH3 is 1. The van der Waals surface area contributed by atoms with Gasteiger partial charge in [-0.1, -0.05) is 0 Å². The van der Waals surface area contributed by atoms with Crippen LogP contribution in [0.2, 0.25) is 0 Å². The lowest BCUT2D eigenvalue weighted by Gasteiger charge is -2.26. The fourth-order valence-electron chi connectivity index (χ4n) is 2.46. The molecule has 0 aromatic carbocycles. The molecule has 0 saturated carbocycles. The zero-order chi connectivity index (χ0) is 15.0. The van der Waals surface area contributed by atoms with Crippen molar-refractivity contribution in [2.45, 2.75) is 44.2 Å². The number of nitrogens with one attached hydrogen (secondary N) is 1. The number of carbonyl (C=O) groups is 2. The molecule has 1 rings (SSSR count). The van der Waals surface area contributed by atoms with Gasteiger partial charge in [0.15, 0.2) is 0 Å². The van der Waals surface area contributed by atoms with Crippen molar-refractivity contribution in [2.75, 3.05) is 26.9 Å². The molecule has 1 fully saturated rings. The molecule has 1 aliphatic heterocycles. The fourth-order valence-corrected chi connectivity index (χ4v) is 2.46. The van der Waals surface area contributed by atoms with E-state index in [2.05, 4.69) is 5.32 Å². The summed E-state index contributed by atoms with van der Waals surface area (Å²) in [6.07, 6.45) is 3.47. The maximum atomic E-state index is 12.1. The Kier molecular flexibility index (Phi) is 7.32. The summed E-state index contributed by atoms with van der Waals surface area (Å²) in [7, 11) is 1.49. The van der Waals surface area contributed by atoms with Crippen molar-refractivity contribution in [1.82, 2.24) is 10.2 Å². The monoisotopic (exact) mass is 288 g/mol. The number of amides is 2. The lowest BCUT2D eigenvalue weighted by Crippen LogP contribution is -2.49. The van der Waals surface area contributed by atoms with Crippen molar-refractivity contribution >= 4 is 12.0 Å². The molecule has 0 aromatic heterocycles. The van der Waals surface area contributed by atoms with Crippen molar-refractivity contribution in [2.24, 2.45) is 0 Å². The standard InChI is InChI=1S/C13H24N2O5/c1-20-9-6-11(12(17)18)14-13(19)15-7-2-4-10(15)5-3-8-16/h10-11,16H,2-9H2,1H3,(H,14,19)(H,17,18). The molecular weight excluding hydrogens is 264 g/mol. The van der Waals surface area contributed by atoms with E-state index in [4.69, 9.17) is 14.9 Å². The number of hydrogen-bond acceptors (Lipinski definition) is 4. The van der Waals surface area contributed by atoms with Crippen LogP contribution in [0.4, 0.5) is 4.79 Å². The normalized spacial score (nSPS) is 19.9. The molecule has 1 saturated heterocycles. The van der Waals surface area contributed by atoms with E-state index < -0.39 is 12.0 Å². The predicted molar refractivity (Wildman–Crippen MR) is 72.5 cm³/mol. The number of urea groups is 1. The Bertz CT molecular complexity index is 324. The van der Waals surface area contributed by atoms with Gasteiger partial charge in [-0.05, 0) is 25.7 Å². The third-order valence-corrected chi connectivity index (χ3v) is 3.54. The van der Waals surface area contributed by atoms with Gasteiger partial charge in [0.05, 0.1) is 0 Å². The van der Waals surface area contributed by atoms with Gasteiger partial charge in [-0.3, -0.25) is 0 Å². The lowest BCUT2D eigenvalue weighted by molar-refractivity contribution is -0.139. The first-order chi connectivity index (χ1) is 9.60. The van der Waals surface area contributed by atoms with Crippen LogP contribution in [0.5, 0.6) is 0 Å². The number of ether oxygens (including phenoxy) is 1. The summed E-state index contributed by atoms with van der Waals surface area (Å²) < 4.78 is 4.85. The molecule has 2 unspecified atom stereocenters. The molecule has 20 heavy (non-hydrogen) atoms. The molecule has 7 heteroatoms. The Morgan fingerprint density at radius 3 is 2.85 bits per heavy atom. The Morgan fingerprint density at radius 1 is 1.50 bits per heavy atom. The second-order valence-electron chi connectivity index (χ2n) is 4.98. The summed E-state index contributed by atoms with van der Waals surface area (Å²) >= 11 is 0. The molecule has 116 valence electrons. The quantitative estimate of drug-likeness (QED) is 0.601. The molecule has 1 heterocycles. The Balaban J connectivity index is 2.51. The highest BCUT2D eigenvalue weighted by Gasteiger charge is 2.30. The Hall–Kier alpha value is -1.34. The molecule has 0 radical (unpaired) electrons. The van der Waals surface area contributed by atoms with Gasteiger partial charge in [-0.15, -0.1) is 0 Å². The summed E-state index contributed by atoms with van der Waals surface area (Å²) in [5.74, 6) is -1.05. The van der Waals surface area contributed by atoms with Crippen LogP contribution in [0, 0.1) is 0 Å². The summed E-state index contributed by atoms with van der Waals surface area (Å²) in [6.45, 7) is 1.03. The van der Waals surface area contributed by atoms with E-state index in [1.54, 1.807) is 4.90 Å². The molecule has 0 aromatic rings. The third kappa shape index (κ3) is 4.97. The molecule has 0 spiro atoms. The molecular formula is C13H24N2O5.